The molecule has 0 aliphatic heterocycles. The van der Waals surface area contributed by atoms with Gasteiger partial charge in [-0.2, -0.15) is 20.6 Å². The molecule has 12 aromatic rings. The summed E-state index contributed by atoms with van der Waals surface area (Å²) in [6.07, 6.45) is 0. The molecule has 12 aromatic carbocycles. The van der Waals surface area contributed by atoms with Crippen molar-refractivity contribution in [3.63, 3.8) is 0 Å². The third kappa shape index (κ3) is 22.6. The van der Waals surface area contributed by atoms with Crippen molar-refractivity contribution in [2.45, 2.75) is 0 Å². The van der Waals surface area contributed by atoms with Crippen LogP contribution in [0.15, 0.2) is 364 Å². The molecule has 0 aromatic heterocycles. The Morgan fingerprint density at radius 2 is 0.223 bits per heavy atom. The maximum atomic E-state index is 13.8. The van der Waals surface area contributed by atoms with E-state index in [2.05, 4.69) is 48.9 Å². The summed E-state index contributed by atoms with van der Waals surface area (Å²) in [5, 5.41) is 44.3. The third-order valence-corrected chi connectivity index (χ3v) is 25.7. The molecule has 0 heterocycles. The van der Waals surface area contributed by atoms with E-state index in [9.17, 15) is 18.3 Å². The van der Waals surface area contributed by atoms with Crippen LogP contribution in [0.4, 0.5) is 0 Å². The van der Waals surface area contributed by atoms with E-state index in [1.807, 2.05) is 364 Å². The summed E-state index contributed by atoms with van der Waals surface area (Å²) in [7, 11) is -11.1. The van der Waals surface area contributed by atoms with Gasteiger partial charge in [-0.1, -0.05) is 413 Å². The zero-order valence-corrected chi connectivity index (χ0v) is 63.7. The summed E-state index contributed by atoms with van der Waals surface area (Å²) >= 11 is 14.8. The molecule has 0 saturated heterocycles. The van der Waals surface area contributed by atoms with Gasteiger partial charge in [-0.05, 0) is 0 Å². The summed E-state index contributed by atoms with van der Waals surface area (Å²) in [5.74, 6) is 0. The molecule has 0 aliphatic carbocycles. The summed E-state index contributed by atoms with van der Waals surface area (Å²) in [4.78, 5) is 0. The Balaban J connectivity index is 0.000000307. The maximum Gasteiger partial charge on any atom is 2.00 e. The van der Waals surface area contributed by atoms with E-state index in [0.29, 0.717) is 0 Å². The second kappa shape index (κ2) is 44.6. The second-order valence-electron chi connectivity index (χ2n) is 18.8. The smallest absolute Gasteiger partial charge is 0.753 e. The molecule has 0 unspecified atom stereocenters. The van der Waals surface area contributed by atoms with Crippen molar-refractivity contribution in [1.29, 1.82) is 0 Å². The molecule has 94 heavy (non-hydrogen) atoms. The Morgan fingerprint density at radius 3 is 0.277 bits per heavy atom. The minimum atomic E-state index is -2.78. The van der Waals surface area contributed by atoms with Gasteiger partial charge in [-0.3, -0.25) is 0 Å². The first-order valence-corrected chi connectivity index (χ1v) is 36.5. The van der Waals surface area contributed by atoms with Crippen molar-refractivity contribution in [2.75, 3.05) is 0 Å². The Bertz CT molecular complexity index is 3430. The molecule has 456 valence electrons. The number of hydrogen-bond acceptors (Lipinski definition) is 8. The fourth-order valence-corrected chi connectivity index (χ4v) is 20.1. The fraction of sp³-hybridized carbons (Fsp3) is 0. The first-order valence-electron chi connectivity index (χ1n) is 28.1. The molecule has 0 atom stereocenters. The van der Waals surface area contributed by atoms with Gasteiger partial charge in [0.1, 0.15) is 0 Å². The summed E-state index contributed by atoms with van der Waals surface area (Å²) in [5.41, 5.74) is 0. The number of isothiocyanates is 4. The van der Waals surface area contributed by atoms with Gasteiger partial charge in [0.25, 0.3) is 0 Å². The predicted molar refractivity (Wildman–Crippen MR) is 407 cm³/mol. The van der Waals surface area contributed by atoms with Gasteiger partial charge in [-0.15, -0.1) is 0 Å². The van der Waals surface area contributed by atoms with E-state index in [0.717, 1.165) is 63.7 Å². The zero-order valence-electron chi connectivity index (χ0n) is 50.9. The number of nitrogens with zero attached hydrogens (tertiary/aromatic N) is 4. The van der Waals surface area contributed by atoms with Gasteiger partial charge in [0.2, 0.25) is 0 Å². The van der Waals surface area contributed by atoms with E-state index in [1.54, 1.807) is 0 Å². The SMILES string of the molecule is O=P(c1ccccc1)(c1ccccc1)c1ccccc1.O=P(c1ccccc1)(c1ccccc1)c1ccccc1.O=P(c1ccccc1)(c1ccccc1)c1ccccc1.O=P(c1ccccc1)(c1ccccc1)c1ccccc1.[N-]=C=S.[N-]=C=S.[N-]=C=S.[N-]=C=S.[Zn+2].[Zn+2]. The normalized spacial score (nSPS) is 9.87. The van der Waals surface area contributed by atoms with Crippen LogP contribution in [0.25, 0.3) is 21.6 Å². The number of benzene rings is 12. The Morgan fingerprint density at radius 1 is 0.170 bits per heavy atom. The standard InChI is InChI=1S/4C18H15OP.4CNS.2Zn/c4*19-20(16-10-4-1-5-11-16,17-12-6-2-7-13-17)18-14-8-3-9-15-18;4*2-1-3;;/h4*1-15H;;;;;;/q;;;;4*-1;2*+2. The minimum absolute atomic E-state index is 0. The van der Waals surface area contributed by atoms with Crippen LogP contribution in [-0.4, -0.2) is 20.6 Å². The number of hydrogen-bond donors (Lipinski definition) is 0. The van der Waals surface area contributed by atoms with Crippen molar-refractivity contribution >= 4 is 162 Å². The van der Waals surface area contributed by atoms with Gasteiger partial charge in [0.05, 0.1) is 0 Å². The van der Waals surface area contributed by atoms with Crippen LogP contribution in [0.2, 0.25) is 0 Å². The Hall–Kier alpha value is -7.99. The topological polar surface area (TPSA) is 157 Å². The zero-order chi connectivity index (χ0) is 66.2. The number of rotatable bonds is 12. The monoisotopic (exact) mass is 1470 g/mol. The van der Waals surface area contributed by atoms with Crippen LogP contribution in [0.5, 0.6) is 0 Å². The average molecular weight is 1480 g/mol. The van der Waals surface area contributed by atoms with Crippen molar-refractivity contribution in [3.8, 4) is 0 Å². The van der Waals surface area contributed by atoms with Gasteiger partial charge >= 0.3 is 39.0 Å². The van der Waals surface area contributed by atoms with E-state index in [4.69, 9.17) is 21.6 Å². The Kier molecular flexibility index (Phi) is 38.1. The molecular formula is C76H60N4O4P4S4Zn2. The second-order valence-corrected chi connectivity index (χ2v) is 30.6. The van der Waals surface area contributed by atoms with Crippen LogP contribution < -0.4 is 63.7 Å². The molecule has 12 rings (SSSR count). The van der Waals surface area contributed by atoms with Crippen LogP contribution in [0, 0.1) is 0 Å². The predicted octanol–water partition coefficient (Wildman–Crippen LogP) is 15.9. The number of thiocarbonyl (C=S) groups is 4. The summed E-state index contributed by atoms with van der Waals surface area (Å²) < 4.78 is 55.3. The summed E-state index contributed by atoms with van der Waals surface area (Å²) in [6, 6.07) is 117. The first-order chi connectivity index (χ1) is 44.9. The maximum absolute atomic E-state index is 13.8. The summed E-state index contributed by atoms with van der Waals surface area (Å²) in [6.45, 7) is 0. The van der Waals surface area contributed by atoms with Crippen molar-refractivity contribution in [3.05, 3.63) is 386 Å². The fourth-order valence-electron chi connectivity index (χ4n) is 9.44. The molecule has 0 N–H and O–H groups in total. The van der Waals surface area contributed by atoms with Crippen LogP contribution in [0.1, 0.15) is 0 Å². The van der Waals surface area contributed by atoms with E-state index < -0.39 is 28.6 Å². The molecule has 8 nitrogen and oxygen atoms in total. The first kappa shape index (κ1) is 80.2. The van der Waals surface area contributed by atoms with E-state index in [1.165, 1.54) is 20.6 Å². The van der Waals surface area contributed by atoms with Gasteiger partial charge < -0.3 is 39.9 Å². The molecular weight excluding hydrogens is 1420 g/mol. The van der Waals surface area contributed by atoms with E-state index >= 15 is 0 Å². The molecule has 0 saturated carbocycles. The molecule has 0 amide bonds. The average Bonchev–Trinajstić information content (AvgIpc) is 0.832. The van der Waals surface area contributed by atoms with Gasteiger partial charge in [0, 0.05) is 63.7 Å². The van der Waals surface area contributed by atoms with Crippen LogP contribution in [0.3, 0.4) is 0 Å². The van der Waals surface area contributed by atoms with Crippen LogP contribution in [-0.2, 0) is 57.2 Å². The van der Waals surface area contributed by atoms with Crippen LogP contribution >= 0.6 is 77.4 Å². The largest absolute Gasteiger partial charge is 2.00 e. The van der Waals surface area contributed by atoms with Crippen molar-refractivity contribution < 1.29 is 57.2 Å². The molecule has 0 bridgehead atoms. The quantitative estimate of drug-likeness (QED) is 0.0506. The third-order valence-electron chi connectivity index (χ3n) is 13.4. The minimum Gasteiger partial charge on any atom is -0.753 e. The van der Waals surface area contributed by atoms with Gasteiger partial charge in [-0.25, -0.2) is 0 Å². The molecule has 0 aliphatic rings. The molecule has 18 heteroatoms. The molecule has 0 spiro atoms. The van der Waals surface area contributed by atoms with Gasteiger partial charge in [0.15, 0.2) is 28.6 Å². The van der Waals surface area contributed by atoms with Crippen molar-refractivity contribution in [1.82, 2.24) is 0 Å². The van der Waals surface area contributed by atoms with E-state index in [-0.39, 0.29) is 39.0 Å². The van der Waals surface area contributed by atoms with Crippen molar-refractivity contribution in [2.24, 2.45) is 0 Å². The Labute approximate surface area is 599 Å². The molecule has 0 radical (unpaired) electrons. The molecule has 0 fully saturated rings.